The molecule has 1 aromatic carbocycles. The van der Waals surface area contributed by atoms with Crippen LogP contribution in [0.15, 0.2) is 30.3 Å². The van der Waals surface area contributed by atoms with E-state index < -0.39 is 24.2 Å². The fourth-order valence-electron chi connectivity index (χ4n) is 2.01. The summed E-state index contributed by atoms with van der Waals surface area (Å²) >= 11 is 0. The van der Waals surface area contributed by atoms with Crippen molar-refractivity contribution in [1.82, 2.24) is 10.2 Å². The second-order valence-corrected chi connectivity index (χ2v) is 5.03. The van der Waals surface area contributed by atoms with Gasteiger partial charge >= 0.3 is 18.2 Å². The second-order valence-electron chi connectivity index (χ2n) is 5.03. The molecule has 1 rings (SSSR count). The summed E-state index contributed by atoms with van der Waals surface area (Å²) in [6, 6.07) is 6.97. The zero-order valence-electron chi connectivity index (χ0n) is 13.3. The molecule has 136 valence electrons. The first kappa shape index (κ1) is 19.7. The number of carbonyl (C=O) groups is 3. The summed E-state index contributed by atoms with van der Waals surface area (Å²) in [5, 5.41) is 27.9. The minimum atomic E-state index is -1.72. The van der Waals surface area contributed by atoms with Crippen LogP contribution in [-0.2, 0) is 16.1 Å². The zero-order chi connectivity index (χ0) is 18.8. The van der Waals surface area contributed by atoms with Crippen LogP contribution in [0.25, 0.3) is 0 Å². The highest BCUT2D eigenvalue weighted by molar-refractivity contribution is 5.92. The normalized spacial score (nSPS) is 11.2. The number of guanidine groups is 1. The number of nitrogens with two attached hydrogens (primary N) is 1. The highest BCUT2D eigenvalue weighted by atomic mass is 16.6. The third kappa shape index (κ3) is 6.77. The van der Waals surface area contributed by atoms with E-state index in [9.17, 15) is 24.6 Å². The highest BCUT2D eigenvalue weighted by Crippen LogP contribution is 2.12. The summed E-state index contributed by atoms with van der Waals surface area (Å²) in [6.07, 6.45) is -2.94. The lowest BCUT2D eigenvalue weighted by molar-refractivity contribution is -0.142. The summed E-state index contributed by atoms with van der Waals surface area (Å²) in [6.45, 7) is -0.00663. The monoisotopic (exact) mass is 352 g/mol. The van der Waals surface area contributed by atoms with E-state index in [1.165, 1.54) is 0 Å². The molecule has 0 aliphatic heterocycles. The van der Waals surface area contributed by atoms with E-state index in [4.69, 9.17) is 15.9 Å². The maximum atomic E-state index is 12.0. The van der Waals surface area contributed by atoms with Crippen LogP contribution in [0.3, 0.4) is 0 Å². The Labute approximate surface area is 143 Å². The van der Waals surface area contributed by atoms with E-state index in [1.807, 2.05) is 0 Å². The van der Waals surface area contributed by atoms with Gasteiger partial charge in [-0.3, -0.25) is 5.41 Å². The molecule has 2 amide bonds. The maximum Gasteiger partial charge on any atom is 0.420 e. The molecular weight excluding hydrogens is 332 g/mol. The minimum absolute atomic E-state index is 0.150. The quantitative estimate of drug-likeness (QED) is 0.263. The van der Waals surface area contributed by atoms with E-state index in [0.717, 1.165) is 0 Å². The van der Waals surface area contributed by atoms with E-state index in [1.54, 1.807) is 30.3 Å². The van der Waals surface area contributed by atoms with Gasteiger partial charge in [0.25, 0.3) is 0 Å². The smallest absolute Gasteiger partial charge is 0.420 e. The van der Waals surface area contributed by atoms with Crippen LogP contribution < -0.4 is 11.1 Å². The molecule has 0 unspecified atom stereocenters. The molecule has 0 bridgehead atoms. The van der Waals surface area contributed by atoms with Crippen molar-refractivity contribution in [1.29, 1.82) is 5.41 Å². The predicted molar refractivity (Wildman–Crippen MR) is 87.1 cm³/mol. The molecule has 25 heavy (non-hydrogen) atoms. The SMILES string of the molecule is N=C(N)NCCC[C@@H](C(=O)O)N(C(=O)O)C(=O)OCc1ccccc1. The van der Waals surface area contributed by atoms with Crippen LogP contribution in [0.4, 0.5) is 9.59 Å². The molecule has 0 saturated heterocycles. The number of hydrogen-bond donors (Lipinski definition) is 5. The third-order valence-electron chi connectivity index (χ3n) is 3.17. The number of imide groups is 1. The number of rotatable bonds is 8. The molecular formula is C15H20N4O6. The Morgan fingerprint density at radius 1 is 1.24 bits per heavy atom. The number of nitrogens with zero attached hydrogens (tertiary/aromatic N) is 1. The Kier molecular flexibility index (Phi) is 7.70. The number of hydrogen-bond acceptors (Lipinski definition) is 5. The van der Waals surface area contributed by atoms with Crippen LogP contribution >= 0.6 is 0 Å². The Balaban J connectivity index is 2.71. The Hall–Kier alpha value is -3.30. The van der Waals surface area contributed by atoms with Crippen molar-refractivity contribution in [3.05, 3.63) is 35.9 Å². The van der Waals surface area contributed by atoms with Gasteiger partial charge in [0, 0.05) is 6.54 Å². The minimum Gasteiger partial charge on any atom is -0.480 e. The largest absolute Gasteiger partial charge is 0.480 e. The fourth-order valence-corrected chi connectivity index (χ4v) is 2.01. The number of ether oxygens (including phenoxy) is 1. The average molecular weight is 352 g/mol. The number of amides is 2. The Morgan fingerprint density at radius 2 is 1.88 bits per heavy atom. The van der Waals surface area contributed by atoms with Crippen molar-refractivity contribution in [3.8, 4) is 0 Å². The van der Waals surface area contributed by atoms with Crippen LogP contribution in [0, 0.1) is 5.41 Å². The summed E-state index contributed by atoms with van der Waals surface area (Å²) in [5.74, 6) is -1.76. The van der Waals surface area contributed by atoms with Crippen LogP contribution in [0.1, 0.15) is 18.4 Å². The average Bonchev–Trinajstić information content (AvgIpc) is 2.55. The van der Waals surface area contributed by atoms with Gasteiger partial charge in [-0.2, -0.15) is 4.90 Å². The predicted octanol–water partition coefficient (Wildman–Crippen LogP) is 1.02. The number of aliphatic carboxylic acids is 1. The van der Waals surface area contributed by atoms with Crippen LogP contribution in [0.2, 0.25) is 0 Å². The van der Waals surface area contributed by atoms with Crippen molar-refractivity contribution in [2.45, 2.75) is 25.5 Å². The standard InChI is InChI=1S/C15H20N4O6/c16-13(17)18-8-4-7-11(12(20)21)19(14(22)23)15(24)25-9-10-5-2-1-3-6-10/h1-3,5-6,11H,4,7-9H2,(H,20,21)(H,22,23)(H4,16,17,18)/t11-/m0/s1. The molecule has 0 spiro atoms. The Bertz CT molecular complexity index is 622. The van der Waals surface area contributed by atoms with E-state index in [-0.39, 0.29) is 36.9 Å². The number of carboxylic acid groups (broad SMARTS) is 2. The zero-order valence-corrected chi connectivity index (χ0v) is 13.3. The molecule has 0 radical (unpaired) electrons. The molecule has 10 nitrogen and oxygen atoms in total. The lowest BCUT2D eigenvalue weighted by Crippen LogP contribution is -2.48. The topological polar surface area (TPSA) is 166 Å². The first-order valence-electron chi connectivity index (χ1n) is 7.36. The molecule has 0 heterocycles. The van der Waals surface area contributed by atoms with Crippen molar-refractivity contribution in [2.24, 2.45) is 5.73 Å². The molecule has 0 aromatic heterocycles. The summed E-state index contributed by atoms with van der Waals surface area (Å²) in [4.78, 5) is 34.9. The number of benzene rings is 1. The lowest BCUT2D eigenvalue weighted by Gasteiger charge is -2.24. The van der Waals surface area contributed by atoms with Gasteiger partial charge in [-0.05, 0) is 18.4 Å². The van der Waals surface area contributed by atoms with Gasteiger partial charge in [-0.25, -0.2) is 14.4 Å². The molecule has 10 heteroatoms. The van der Waals surface area contributed by atoms with Crippen LogP contribution in [0.5, 0.6) is 0 Å². The molecule has 0 aliphatic rings. The van der Waals surface area contributed by atoms with Crippen molar-refractivity contribution in [3.63, 3.8) is 0 Å². The van der Waals surface area contributed by atoms with Gasteiger partial charge in [-0.1, -0.05) is 30.3 Å². The molecule has 0 fully saturated rings. The maximum absolute atomic E-state index is 12.0. The van der Waals surface area contributed by atoms with Gasteiger partial charge in [-0.15, -0.1) is 0 Å². The van der Waals surface area contributed by atoms with Gasteiger partial charge < -0.3 is 26.0 Å². The van der Waals surface area contributed by atoms with Crippen molar-refractivity contribution < 1.29 is 29.3 Å². The first-order valence-corrected chi connectivity index (χ1v) is 7.36. The van der Waals surface area contributed by atoms with Crippen LogP contribution in [-0.4, -0.2) is 51.8 Å². The van der Waals surface area contributed by atoms with Crippen molar-refractivity contribution in [2.75, 3.05) is 6.54 Å². The summed E-state index contributed by atoms with van der Waals surface area (Å²) in [5.41, 5.74) is 5.74. The Morgan fingerprint density at radius 3 is 2.40 bits per heavy atom. The number of carboxylic acids is 1. The number of nitrogens with one attached hydrogen (secondary N) is 2. The molecule has 1 atom stereocenters. The fraction of sp³-hybridized carbons (Fsp3) is 0.333. The van der Waals surface area contributed by atoms with Gasteiger partial charge in [0.1, 0.15) is 12.6 Å². The van der Waals surface area contributed by atoms with Gasteiger partial charge in [0.15, 0.2) is 5.96 Å². The van der Waals surface area contributed by atoms with E-state index >= 15 is 0 Å². The van der Waals surface area contributed by atoms with Gasteiger partial charge in [0.05, 0.1) is 0 Å². The second kappa shape index (κ2) is 9.75. The number of carbonyl (C=O) groups excluding carboxylic acids is 1. The molecule has 6 N–H and O–H groups in total. The molecule has 0 aliphatic carbocycles. The van der Waals surface area contributed by atoms with E-state index in [2.05, 4.69) is 5.32 Å². The van der Waals surface area contributed by atoms with E-state index in [0.29, 0.717) is 5.56 Å². The summed E-state index contributed by atoms with van der Waals surface area (Å²) in [7, 11) is 0. The highest BCUT2D eigenvalue weighted by Gasteiger charge is 2.35. The third-order valence-corrected chi connectivity index (χ3v) is 3.17. The molecule has 0 saturated carbocycles. The van der Waals surface area contributed by atoms with Gasteiger partial charge in [0.2, 0.25) is 0 Å². The van der Waals surface area contributed by atoms with Crippen molar-refractivity contribution >= 4 is 24.1 Å². The lowest BCUT2D eigenvalue weighted by atomic mass is 10.1. The summed E-state index contributed by atoms with van der Waals surface area (Å²) < 4.78 is 4.90. The first-order chi connectivity index (χ1) is 11.8. The molecule has 1 aromatic rings.